The molecule has 0 spiro atoms. The van der Waals surface area contributed by atoms with Gasteiger partial charge in [0, 0.05) is 11.3 Å². The van der Waals surface area contributed by atoms with Gasteiger partial charge in [-0.15, -0.1) is 20.4 Å². The van der Waals surface area contributed by atoms with Crippen LogP contribution in [-0.2, 0) is 6.42 Å². The van der Waals surface area contributed by atoms with Crippen LogP contribution in [0.1, 0.15) is 36.1 Å². The van der Waals surface area contributed by atoms with E-state index in [1.807, 2.05) is 37.3 Å². The molecule has 148 valence electrons. The Labute approximate surface area is 177 Å². The Balaban J connectivity index is 1.45. The van der Waals surface area contributed by atoms with Gasteiger partial charge in [0.05, 0.1) is 5.25 Å². The average molecular weight is 424 g/mol. The number of thioether (sulfide) groups is 1. The molecule has 1 N–H and O–H groups in total. The van der Waals surface area contributed by atoms with E-state index in [2.05, 4.69) is 57.8 Å². The summed E-state index contributed by atoms with van der Waals surface area (Å²) in [4.78, 5) is 0. The second kappa shape index (κ2) is 8.75. The van der Waals surface area contributed by atoms with Crippen LogP contribution in [-0.4, -0.2) is 20.4 Å². The maximum absolute atomic E-state index is 5.85. The minimum Gasteiger partial charge on any atom is -0.419 e. The van der Waals surface area contributed by atoms with E-state index >= 15 is 0 Å². The van der Waals surface area contributed by atoms with Gasteiger partial charge in [-0.1, -0.05) is 66.4 Å². The molecule has 0 saturated carbocycles. The van der Waals surface area contributed by atoms with Gasteiger partial charge >= 0.3 is 0 Å². The predicted molar refractivity (Wildman–Crippen MR) is 118 cm³/mol. The fourth-order valence-electron chi connectivity index (χ4n) is 2.91. The maximum Gasteiger partial charge on any atom is 0.247 e. The molecular weight excluding hydrogens is 402 g/mol. The number of benzene rings is 2. The topological polar surface area (TPSA) is 76.7 Å². The number of anilines is 2. The molecular formula is C21H21N5OS2. The fraction of sp³-hybridized carbons (Fsp3) is 0.238. The molecule has 4 rings (SSSR count). The van der Waals surface area contributed by atoms with Crippen LogP contribution in [0.3, 0.4) is 0 Å². The molecule has 0 fully saturated rings. The number of aryl methyl sites for hydroxylation is 2. The minimum absolute atomic E-state index is 0.0228. The Morgan fingerprint density at radius 2 is 1.86 bits per heavy atom. The largest absolute Gasteiger partial charge is 0.419 e. The van der Waals surface area contributed by atoms with Crippen molar-refractivity contribution in [3.8, 4) is 11.5 Å². The highest BCUT2D eigenvalue weighted by atomic mass is 32.2. The molecule has 29 heavy (non-hydrogen) atoms. The van der Waals surface area contributed by atoms with Crippen LogP contribution in [0, 0.1) is 6.92 Å². The van der Waals surface area contributed by atoms with E-state index in [1.165, 1.54) is 22.5 Å². The van der Waals surface area contributed by atoms with Crippen LogP contribution in [0.2, 0.25) is 0 Å². The van der Waals surface area contributed by atoms with Gasteiger partial charge in [0.15, 0.2) is 4.34 Å². The molecule has 0 aliphatic rings. The van der Waals surface area contributed by atoms with Crippen molar-refractivity contribution in [1.82, 2.24) is 20.4 Å². The SMILES string of the molecule is CCc1cccc(C)c1Nc1nnc(SC(C)c2nnc(-c3ccccc3)o2)s1. The van der Waals surface area contributed by atoms with E-state index < -0.39 is 0 Å². The van der Waals surface area contributed by atoms with E-state index in [1.54, 1.807) is 11.8 Å². The first-order valence-corrected chi connectivity index (χ1v) is 11.1. The number of nitrogens with zero attached hydrogens (tertiary/aromatic N) is 4. The van der Waals surface area contributed by atoms with E-state index in [0.717, 1.165) is 27.1 Å². The number of aromatic nitrogens is 4. The number of para-hydroxylation sites is 1. The molecule has 0 aliphatic heterocycles. The quantitative estimate of drug-likeness (QED) is 0.362. The van der Waals surface area contributed by atoms with Gasteiger partial charge in [-0.2, -0.15) is 0 Å². The lowest BCUT2D eigenvalue weighted by atomic mass is 10.1. The number of hydrogen-bond acceptors (Lipinski definition) is 8. The lowest BCUT2D eigenvalue weighted by Crippen LogP contribution is -1.97. The molecule has 0 bridgehead atoms. The van der Waals surface area contributed by atoms with Gasteiger partial charge in [-0.3, -0.25) is 0 Å². The fourth-order valence-corrected chi connectivity index (χ4v) is 4.85. The standard InChI is InChI=1S/C21H21N5OS2/c1-4-15-12-8-9-13(2)17(15)22-20-25-26-21(29-20)28-14(3)18-23-24-19(27-18)16-10-6-5-7-11-16/h5-12,14H,4H2,1-3H3,(H,22,25). The van der Waals surface area contributed by atoms with Crippen molar-refractivity contribution in [3.63, 3.8) is 0 Å². The first kappa shape index (κ1) is 19.6. The molecule has 6 nitrogen and oxygen atoms in total. The zero-order valence-corrected chi connectivity index (χ0v) is 18.0. The van der Waals surface area contributed by atoms with Crippen LogP contribution in [0.5, 0.6) is 0 Å². The lowest BCUT2D eigenvalue weighted by Gasteiger charge is -2.11. The number of rotatable bonds is 7. The van der Waals surface area contributed by atoms with E-state index in [-0.39, 0.29) is 5.25 Å². The third-order valence-electron chi connectivity index (χ3n) is 4.47. The molecule has 0 amide bonds. The summed E-state index contributed by atoms with van der Waals surface area (Å²) in [6.45, 7) is 6.27. The Hall–Kier alpha value is -2.71. The van der Waals surface area contributed by atoms with Crippen molar-refractivity contribution in [3.05, 3.63) is 65.5 Å². The molecule has 1 unspecified atom stereocenters. The molecule has 2 aromatic carbocycles. The lowest BCUT2D eigenvalue weighted by molar-refractivity contribution is 0.509. The second-order valence-electron chi connectivity index (χ2n) is 6.53. The zero-order valence-electron chi connectivity index (χ0n) is 16.4. The summed E-state index contributed by atoms with van der Waals surface area (Å²) in [6, 6.07) is 16.1. The van der Waals surface area contributed by atoms with Crippen LogP contribution >= 0.6 is 23.1 Å². The first-order valence-electron chi connectivity index (χ1n) is 9.38. The Kier molecular flexibility index (Phi) is 5.92. The highest BCUT2D eigenvalue weighted by Crippen LogP contribution is 2.38. The van der Waals surface area contributed by atoms with E-state index in [0.29, 0.717) is 11.8 Å². The Morgan fingerprint density at radius 3 is 2.66 bits per heavy atom. The average Bonchev–Trinajstić information content (AvgIpc) is 3.40. The number of nitrogens with one attached hydrogen (secondary N) is 1. The van der Waals surface area contributed by atoms with Crippen molar-refractivity contribution < 1.29 is 4.42 Å². The summed E-state index contributed by atoms with van der Waals surface area (Å²) in [7, 11) is 0. The Bertz CT molecular complexity index is 1090. The van der Waals surface area contributed by atoms with E-state index in [4.69, 9.17) is 4.42 Å². The minimum atomic E-state index is -0.0228. The van der Waals surface area contributed by atoms with Gasteiger partial charge in [0.2, 0.25) is 16.9 Å². The van der Waals surface area contributed by atoms with Crippen LogP contribution in [0.15, 0.2) is 57.3 Å². The highest BCUT2D eigenvalue weighted by molar-refractivity contribution is 8.01. The van der Waals surface area contributed by atoms with Crippen molar-refractivity contribution in [1.29, 1.82) is 0 Å². The highest BCUT2D eigenvalue weighted by Gasteiger charge is 2.19. The van der Waals surface area contributed by atoms with Crippen LogP contribution < -0.4 is 5.32 Å². The van der Waals surface area contributed by atoms with Gasteiger partial charge < -0.3 is 9.73 Å². The summed E-state index contributed by atoms with van der Waals surface area (Å²) in [5.41, 5.74) is 4.49. The summed E-state index contributed by atoms with van der Waals surface area (Å²) in [5.74, 6) is 1.10. The van der Waals surface area contributed by atoms with Crippen molar-refractivity contribution in [2.24, 2.45) is 0 Å². The Morgan fingerprint density at radius 1 is 1.03 bits per heavy atom. The predicted octanol–water partition coefficient (Wildman–Crippen LogP) is 6.06. The molecule has 8 heteroatoms. The smallest absolute Gasteiger partial charge is 0.247 e. The monoisotopic (exact) mass is 423 g/mol. The van der Waals surface area contributed by atoms with Gasteiger partial charge in [0.25, 0.3) is 0 Å². The van der Waals surface area contributed by atoms with E-state index in [9.17, 15) is 0 Å². The van der Waals surface area contributed by atoms with Crippen LogP contribution in [0.4, 0.5) is 10.8 Å². The second-order valence-corrected chi connectivity index (χ2v) is 9.10. The molecule has 2 heterocycles. The van der Waals surface area contributed by atoms with Crippen molar-refractivity contribution in [2.75, 3.05) is 5.32 Å². The zero-order chi connectivity index (χ0) is 20.2. The normalized spacial score (nSPS) is 12.1. The third kappa shape index (κ3) is 4.49. The summed E-state index contributed by atoms with van der Waals surface area (Å²) < 4.78 is 6.70. The first-order chi connectivity index (χ1) is 14.1. The third-order valence-corrected chi connectivity index (χ3v) is 6.48. The summed E-state index contributed by atoms with van der Waals surface area (Å²) >= 11 is 3.08. The molecule has 2 aromatic heterocycles. The van der Waals surface area contributed by atoms with Gasteiger partial charge in [-0.05, 0) is 43.5 Å². The molecule has 0 radical (unpaired) electrons. The maximum atomic E-state index is 5.85. The number of hydrogen-bond donors (Lipinski definition) is 1. The molecule has 0 saturated heterocycles. The van der Waals surface area contributed by atoms with Crippen molar-refractivity contribution >= 4 is 33.9 Å². The van der Waals surface area contributed by atoms with Gasteiger partial charge in [-0.25, -0.2) is 0 Å². The molecule has 0 aliphatic carbocycles. The molecule has 4 aromatic rings. The summed E-state index contributed by atoms with van der Waals surface area (Å²) in [6.07, 6.45) is 0.961. The summed E-state index contributed by atoms with van der Waals surface area (Å²) in [5, 5.41) is 21.2. The van der Waals surface area contributed by atoms with Crippen molar-refractivity contribution in [2.45, 2.75) is 36.8 Å². The molecule has 1 atom stereocenters. The van der Waals surface area contributed by atoms with Crippen LogP contribution in [0.25, 0.3) is 11.5 Å². The van der Waals surface area contributed by atoms with Gasteiger partial charge in [0.1, 0.15) is 0 Å².